The monoisotopic (exact) mass is 320 g/mol. The average molecular weight is 321 g/mol. The Kier molecular flexibility index (Phi) is 6.37. The summed E-state index contributed by atoms with van der Waals surface area (Å²) in [7, 11) is 0. The molecule has 5 heteroatoms. The van der Waals surface area contributed by atoms with Crippen molar-refractivity contribution in [3.63, 3.8) is 0 Å². The minimum Gasteiger partial charge on any atom is -0.352 e. The van der Waals surface area contributed by atoms with Crippen LogP contribution in [0.4, 0.5) is 4.39 Å². The Balaban J connectivity index is 1.61. The number of rotatable bonds is 7. The highest BCUT2D eigenvalue weighted by molar-refractivity contribution is 6.30. The SMILES string of the molecule is O=C(CCNCc1ccc(F)cc1)NCc1ccc(Cl)cc1. The molecule has 0 aliphatic rings. The van der Waals surface area contributed by atoms with Crippen LogP contribution >= 0.6 is 11.6 Å². The quantitative estimate of drug-likeness (QED) is 0.769. The molecule has 0 saturated heterocycles. The van der Waals surface area contributed by atoms with Gasteiger partial charge in [-0.05, 0) is 35.4 Å². The van der Waals surface area contributed by atoms with Crippen molar-refractivity contribution >= 4 is 17.5 Å². The molecular formula is C17H18ClFN2O. The Bertz CT molecular complexity index is 599. The summed E-state index contributed by atoms with van der Waals surface area (Å²) in [6.07, 6.45) is 0.398. The average Bonchev–Trinajstić information content (AvgIpc) is 2.53. The van der Waals surface area contributed by atoms with Crippen LogP contribution in [0.15, 0.2) is 48.5 Å². The molecule has 2 N–H and O–H groups in total. The Morgan fingerprint density at radius 3 is 2.23 bits per heavy atom. The fourth-order valence-corrected chi connectivity index (χ4v) is 2.05. The first-order chi connectivity index (χ1) is 10.6. The van der Waals surface area contributed by atoms with Gasteiger partial charge in [-0.3, -0.25) is 4.79 Å². The maximum absolute atomic E-state index is 12.7. The molecule has 1 amide bonds. The maximum atomic E-state index is 12.7. The summed E-state index contributed by atoms with van der Waals surface area (Å²) < 4.78 is 12.7. The van der Waals surface area contributed by atoms with Crippen molar-refractivity contribution in [3.05, 3.63) is 70.5 Å². The van der Waals surface area contributed by atoms with Gasteiger partial charge in [-0.2, -0.15) is 0 Å². The summed E-state index contributed by atoms with van der Waals surface area (Å²) in [5, 5.41) is 6.69. The summed E-state index contributed by atoms with van der Waals surface area (Å²) in [5.41, 5.74) is 2.00. The van der Waals surface area contributed by atoms with Crippen molar-refractivity contribution in [1.82, 2.24) is 10.6 Å². The molecular weight excluding hydrogens is 303 g/mol. The van der Waals surface area contributed by atoms with E-state index in [1.807, 2.05) is 12.1 Å². The van der Waals surface area contributed by atoms with E-state index < -0.39 is 0 Å². The van der Waals surface area contributed by atoms with E-state index >= 15 is 0 Å². The second kappa shape index (κ2) is 8.51. The first kappa shape index (κ1) is 16.5. The third-order valence-corrected chi connectivity index (χ3v) is 3.43. The van der Waals surface area contributed by atoms with Crippen molar-refractivity contribution in [2.45, 2.75) is 19.5 Å². The molecule has 0 heterocycles. The number of nitrogens with one attached hydrogen (secondary N) is 2. The summed E-state index contributed by atoms with van der Waals surface area (Å²) in [5.74, 6) is -0.258. The van der Waals surface area contributed by atoms with E-state index in [2.05, 4.69) is 10.6 Å². The fourth-order valence-electron chi connectivity index (χ4n) is 1.93. The van der Waals surface area contributed by atoms with Crippen LogP contribution in [0.25, 0.3) is 0 Å². The van der Waals surface area contributed by atoms with Gasteiger partial charge in [-0.25, -0.2) is 4.39 Å². The van der Waals surface area contributed by atoms with E-state index in [1.165, 1.54) is 12.1 Å². The number of carbonyl (C=O) groups excluding carboxylic acids is 1. The van der Waals surface area contributed by atoms with E-state index in [0.717, 1.165) is 11.1 Å². The number of carbonyl (C=O) groups is 1. The largest absolute Gasteiger partial charge is 0.352 e. The fraction of sp³-hybridized carbons (Fsp3) is 0.235. The molecule has 0 fully saturated rings. The van der Waals surface area contributed by atoms with Crippen LogP contribution in [0.2, 0.25) is 5.02 Å². The summed E-state index contributed by atoms with van der Waals surface area (Å²) in [4.78, 5) is 11.7. The highest BCUT2D eigenvalue weighted by atomic mass is 35.5. The summed E-state index contributed by atoms with van der Waals surface area (Å²) >= 11 is 5.80. The van der Waals surface area contributed by atoms with E-state index in [9.17, 15) is 9.18 Å². The number of benzene rings is 2. The lowest BCUT2D eigenvalue weighted by Gasteiger charge is -2.07. The second-order valence-electron chi connectivity index (χ2n) is 4.96. The Morgan fingerprint density at radius 2 is 1.55 bits per heavy atom. The first-order valence-corrected chi connectivity index (χ1v) is 7.47. The molecule has 0 aliphatic carbocycles. The van der Waals surface area contributed by atoms with Crippen molar-refractivity contribution in [1.29, 1.82) is 0 Å². The molecule has 2 aromatic rings. The highest BCUT2D eigenvalue weighted by Crippen LogP contribution is 2.09. The van der Waals surface area contributed by atoms with Crippen molar-refractivity contribution < 1.29 is 9.18 Å². The van der Waals surface area contributed by atoms with Gasteiger partial charge in [-0.15, -0.1) is 0 Å². The van der Waals surface area contributed by atoms with Gasteiger partial charge in [-0.1, -0.05) is 35.9 Å². The van der Waals surface area contributed by atoms with Gasteiger partial charge in [0.2, 0.25) is 5.91 Å². The normalized spacial score (nSPS) is 10.5. The molecule has 116 valence electrons. The zero-order chi connectivity index (χ0) is 15.8. The predicted molar refractivity (Wildman–Crippen MR) is 86.0 cm³/mol. The van der Waals surface area contributed by atoms with E-state index in [1.54, 1.807) is 24.3 Å². The Labute approximate surface area is 134 Å². The maximum Gasteiger partial charge on any atom is 0.221 e. The lowest BCUT2D eigenvalue weighted by molar-refractivity contribution is -0.121. The van der Waals surface area contributed by atoms with Crippen molar-refractivity contribution in [2.24, 2.45) is 0 Å². The summed E-state index contributed by atoms with van der Waals surface area (Å²) in [6.45, 7) is 1.68. The topological polar surface area (TPSA) is 41.1 Å². The standard InChI is InChI=1S/C17H18ClFN2O/c18-15-5-1-14(2-6-15)12-21-17(22)9-10-20-11-13-3-7-16(19)8-4-13/h1-8,20H,9-12H2,(H,21,22). The van der Waals surface area contributed by atoms with Crippen molar-refractivity contribution in [3.8, 4) is 0 Å². The molecule has 0 aliphatic heterocycles. The number of amides is 1. The van der Waals surface area contributed by atoms with Gasteiger partial charge >= 0.3 is 0 Å². The van der Waals surface area contributed by atoms with Crippen LogP contribution in [-0.2, 0) is 17.9 Å². The molecule has 3 nitrogen and oxygen atoms in total. The highest BCUT2D eigenvalue weighted by Gasteiger charge is 2.01. The minimum atomic E-state index is -0.245. The zero-order valence-corrected chi connectivity index (χ0v) is 12.9. The van der Waals surface area contributed by atoms with Gasteiger partial charge in [0.15, 0.2) is 0 Å². The third kappa shape index (κ3) is 5.84. The lowest BCUT2D eigenvalue weighted by Crippen LogP contribution is -2.27. The molecule has 0 saturated carbocycles. The van der Waals surface area contributed by atoms with Gasteiger partial charge in [0.1, 0.15) is 5.82 Å². The molecule has 2 rings (SSSR count). The van der Waals surface area contributed by atoms with Crippen molar-refractivity contribution in [2.75, 3.05) is 6.54 Å². The van der Waals surface area contributed by atoms with Crippen LogP contribution in [0.5, 0.6) is 0 Å². The van der Waals surface area contributed by atoms with Gasteiger partial charge in [0.25, 0.3) is 0 Å². The van der Waals surface area contributed by atoms with E-state index in [-0.39, 0.29) is 11.7 Å². The van der Waals surface area contributed by atoms with E-state index in [0.29, 0.717) is 31.1 Å². The van der Waals surface area contributed by atoms with Gasteiger partial charge in [0, 0.05) is 31.1 Å². The molecule has 0 atom stereocenters. The molecule has 2 aromatic carbocycles. The molecule has 22 heavy (non-hydrogen) atoms. The number of halogens is 2. The molecule has 0 bridgehead atoms. The van der Waals surface area contributed by atoms with Crippen LogP contribution in [0.1, 0.15) is 17.5 Å². The van der Waals surface area contributed by atoms with Gasteiger partial charge < -0.3 is 10.6 Å². The lowest BCUT2D eigenvalue weighted by atomic mass is 10.2. The smallest absolute Gasteiger partial charge is 0.221 e. The predicted octanol–water partition coefficient (Wildman–Crippen LogP) is 3.28. The molecule has 0 unspecified atom stereocenters. The molecule has 0 radical (unpaired) electrons. The van der Waals surface area contributed by atoms with Crippen LogP contribution in [0.3, 0.4) is 0 Å². The van der Waals surface area contributed by atoms with E-state index in [4.69, 9.17) is 11.6 Å². The Morgan fingerprint density at radius 1 is 0.955 bits per heavy atom. The Hall–Kier alpha value is -1.91. The first-order valence-electron chi connectivity index (χ1n) is 7.10. The van der Waals surface area contributed by atoms with Crippen LogP contribution in [0, 0.1) is 5.82 Å². The van der Waals surface area contributed by atoms with Crippen LogP contribution in [-0.4, -0.2) is 12.5 Å². The molecule has 0 spiro atoms. The van der Waals surface area contributed by atoms with Gasteiger partial charge in [0.05, 0.1) is 0 Å². The number of hydrogen-bond donors (Lipinski definition) is 2. The second-order valence-corrected chi connectivity index (χ2v) is 5.39. The molecule has 0 aromatic heterocycles. The zero-order valence-electron chi connectivity index (χ0n) is 12.1. The van der Waals surface area contributed by atoms with Crippen LogP contribution < -0.4 is 10.6 Å². The number of hydrogen-bond acceptors (Lipinski definition) is 2. The minimum absolute atomic E-state index is 0.0124. The third-order valence-electron chi connectivity index (χ3n) is 3.17. The summed E-state index contributed by atoms with van der Waals surface area (Å²) in [6, 6.07) is 13.7.